The van der Waals surface area contributed by atoms with Crippen LogP contribution in [0.4, 0.5) is 0 Å². The first kappa shape index (κ1) is 9.27. The third kappa shape index (κ3) is 1.67. The van der Waals surface area contributed by atoms with Gasteiger partial charge in [0.1, 0.15) is 0 Å². The summed E-state index contributed by atoms with van der Waals surface area (Å²) in [5.74, 6) is 0.459. The van der Waals surface area contributed by atoms with Crippen molar-refractivity contribution < 1.29 is 0 Å². The Morgan fingerprint density at radius 1 is 1.58 bits per heavy atom. The van der Waals surface area contributed by atoms with Gasteiger partial charge in [0, 0.05) is 5.54 Å². The second kappa shape index (κ2) is 3.72. The van der Waals surface area contributed by atoms with Gasteiger partial charge >= 0.3 is 0 Å². The van der Waals surface area contributed by atoms with Gasteiger partial charge in [0.2, 0.25) is 0 Å². The van der Waals surface area contributed by atoms with E-state index in [0.29, 0.717) is 5.92 Å². The summed E-state index contributed by atoms with van der Waals surface area (Å²) in [6.45, 7) is 5.90. The van der Waals surface area contributed by atoms with Crippen molar-refractivity contribution in [3.63, 3.8) is 0 Å². The van der Waals surface area contributed by atoms with Crippen LogP contribution in [0.25, 0.3) is 0 Å². The first-order valence-electron chi connectivity index (χ1n) is 4.48. The number of allylic oxidation sites excluding steroid dienone is 2. The summed E-state index contributed by atoms with van der Waals surface area (Å²) in [5, 5.41) is 0. The average Bonchev–Trinajstić information content (AvgIpc) is 2.05. The van der Waals surface area contributed by atoms with Gasteiger partial charge < -0.3 is 5.73 Å². The fourth-order valence-corrected chi connectivity index (χ4v) is 1.72. The highest BCUT2D eigenvalue weighted by Gasteiger charge is 2.29. The minimum Gasteiger partial charge on any atom is -0.321 e. The lowest BCUT2D eigenvalue weighted by Gasteiger charge is -2.33. The summed E-state index contributed by atoms with van der Waals surface area (Å²) in [5.41, 5.74) is 6.03. The summed E-state index contributed by atoms with van der Waals surface area (Å²) in [6.07, 6.45) is 12.2. The predicted molar refractivity (Wildman–Crippen MR) is 53.8 cm³/mol. The molecule has 0 fully saturated rings. The van der Waals surface area contributed by atoms with Crippen molar-refractivity contribution in [3.05, 3.63) is 37.0 Å². The molecule has 0 aliphatic heterocycles. The lowest BCUT2D eigenvalue weighted by molar-refractivity contribution is 0.384. The van der Waals surface area contributed by atoms with Crippen LogP contribution in [0.5, 0.6) is 0 Å². The quantitative estimate of drug-likeness (QED) is 0.635. The second-order valence-corrected chi connectivity index (χ2v) is 3.36. The molecule has 0 amide bonds. The van der Waals surface area contributed by atoms with Crippen LogP contribution in [-0.2, 0) is 0 Å². The standard InChI is InChI=1S/C11H17N/c1-3-8-11(12)9-6-5-7-10(11)4-2/h3,5-7,9-10H,1,4,8,12H2,2H3/t10?,11-/m0/s1. The van der Waals surface area contributed by atoms with Gasteiger partial charge in [-0.25, -0.2) is 0 Å². The molecule has 0 bridgehead atoms. The van der Waals surface area contributed by atoms with Crippen molar-refractivity contribution in [2.75, 3.05) is 0 Å². The number of hydrogen-bond donors (Lipinski definition) is 1. The van der Waals surface area contributed by atoms with Gasteiger partial charge in [0.05, 0.1) is 0 Å². The Morgan fingerprint density at radius 3 is 2.92 bits per heavy atom. The van der Waals surface area contributed by atoms with Crippen LogP contribution in [-0.4, -0.2) is 5.54 Å². The zero-order valence-electron chi connectivity index (χ0n) is 7.66. The molecule has 1 aliphatic carbocycles. The van der Waals surface area contributed by atoms with E-state index in [9.17, 15) is 0 Å². The van der Waals surface area contributed by atoms with Crippen LogP contribution in [0.3, 0.4) is 0 Å². The molecular formula is C11H17N. The summed E-state index contributed by atoms with van der Waals surface area (Å²) in [6, 6.07) is 0. The van der Waals surface area contributed by atoms with E-state index in [-0.39, 0.29) is 5.54 Å². The monoisotopic (exact) mass is 163 g/mol. The van der Waals surface area contributed by atoms with E-state index in [2.05, 4.69) is 31.7 Å². The smallest absolute Gasteiger partial charge is 0.0440 e. The fraction of sp³-hybridized carbons (Fsp3) is 0.455. The minimum atomic E-state index is -0.189. The Kier molecular flexibility index (Phi) is 2.88. The SMILES string of the molecule is C=CC[C@]1(N)C=CC=CC1CC. The number of rotatable bonds is 3. The predicted octanol–water partition coefficient (Wildman–Crippen LogP) is 2.41. The maximum absolute atomic E-state index is 6.22. The first-order chi connectivity index (χ1) is 5.73. The normalized spacial score (nSPS) is 33.7. The third-order valence-corrected chi connectivity index (χ3v) is 2.49. The summed E-state index contributed by atoms with van der Waals surface area (Å²) >= 11 is 0. The molecule has 0 aromatic heterocycles. The molecule has 12 heavy (non-hydrogen) atoms. The fourth-order valence-electron chi connectivity index (χ4n) is 1.72. The van der Waals surface area contributed by atoms with Crippen LogP contribution in [0.2, 0.25) is 0 Å². The maximum Gasteiger partial charge on any atom is 0.0440 e. The zero-order chi connectivity index (χ0) is 9.03. The molecule has 1 nitrogen and oxygen atoms in total. The van der Waals surface area contributed by atoms with Crippen molar-refractivity contribution in [2.24, 2.45) is 11.7 Å². The Labute approximate surface area is 74.7 Å². The lowest BCUT2D eigenvalue weighted by Crippen LogP contribution is -2.44. The van der Waals surface area contributed by atoms with Crippen molar-refractivity contribution >= 4 is 0 Å². The molecule has 2 atom stereocenters. The molecular weight excluding hydrogens is 146 g/mol. The zero-order valence-corrected chi connectivity index (χ0v) is 7.66. The van der Waals surface area contributed by atoms with E-state index in [1.807, 2.05) is 12.2 Å². The number of hydrogen-bond acceptors (Lipinski definition) is 1. The Bertz CT molecular complexity index is 215. The third-order valence-electron chi connectivity index (χ3n) is 2.49. The Morgan fingerprint density at radius 2 is 2.33 bits per heavy atom. The molecule has 2 N–H and O–H groups in total. The van der Waals surface area contributed by atoms with Crippen LogP contribution in [0.15, 0.2) is 37.0 Å². The molecule has 0 saturated carbocycles. The summed E-state index contributed by atoms with van der Waals surface area (Å²) < 4.78 is 0. The molecule has 1 heteroatoms. The van der Waals surface area contributed by atoms with E-state index in [0.717, 1.165) is 12.8 Å². The van der Waals surface area contributed by atoms with Crippen molar-refractivity contribution in [1.82, 2.24) is 0 Å². The van der Waals surface area contributed by atoms with Gasteiger partial charge in [-0.2, -0.15) is 0 Å². The molecule has 66 valence electrons. The molecule has 1 rings (SSSR count). The molecule has 0 radical (unpaired) electrons. The highest BCUT2D eigenvalue weighted by molar-refractivity contribution is 5.24. The molecule has 0 spiro atoms. The van der Waals surface area contributed by atoms with E-state index in [4.69, 9.17) is 5.73 Å². The molecule has 0 saturated heterocycles. The maximum atomic E-state index is 6.22. The largest absolute Gasteiger partial charge is 0.321 e. The van der Waals surface area contributed by atoms with Crippen molar-refractivity contribution in [2.45, 2.75) is 25.3 Å². The van der Waals surface area contributed by atoms with Gasteiger partial charge in [-0.05, 0) is 18.8 Å². The first-order valence-corrected chi connectivity index (χ1v) is 4.48. The van der Waals surface area contributed by atoms with Gasteiger partial charge in [0.25, 0.3) is 0 Å². The number of nitrogens with two attached hydrogens (primary N) is 1. The van der Waals surface area contributed by atoms with Crippen LogP contribution in [0, 0.1) is 5.92 Å². The van der Waals surface area contributed by atoms with E-state index < -0.39 is 0 Å². The van der Waals surface area contributed by atoms with E-state index in [1.54, 1.807) is 0 Å². The van der Waals surface area contributed by atoms with E-state index in [1.165, 1.54) is 0 Å². The Balaban J connectivity index is 2.78. The van der Waals surface area contributed by atoms with Crippen LogP contribution in [0.1, 0.15) is 19.8 Å². The summed E-state index contributed by atoms with van der Waals surface area (Å²) in [7, 11) is 0. The minimum absolute atomic E-state index is 0.189. The topological polar surface area (TPSA) is 26.0 Å². The van der Waals surface area contributed by atoms with Gasteiger partial charge in [-0.3, -0.25) is 0 Å². The lowest BCUT2D eigenvalue weighted by atomic mass is 9.77. The van der Waals surface area contributed by atoms with Crippen LogP contribution >= 0.6 is 0 Å². The van der Waals surface area contributed by atoms with Crippen molar-refractivity contribution in [3.8, 4) is 0 Å². The summed E-state index contributed by atoms with van der Waals surface area (Å²) in [4.78, 5) is 0. The highest BCUT2D eigenvalue weighted by Crippen LogP contribution is 2.27. The molecule has 0 heterocycles. The molecule has 1 unspecified atom stereocenters. The molecule has 1 aliphatic rings. The van der Waals surface area contributed by atoms with Gasteiger partial charge in [0.15, 0.2) is 0 Å². The van der Waals surface area contributed by atoms with E-state index >= 15 is 0 Å². The second-order valence-electron chi connectivity index (χ2n) is 3.36. The average molecular weight is 163 g/mol. The van der Waals surface area contributed by atoms with Crippen LogP contribution < -0.4 is 5.73 Å². The van der Waals surface area contributed by atoms with Crippen molar-refractivity contribution in [1.29, 1.82) is 0 Å². The van der Waals surface area contributed by atoms with Gasteiger partial charge in [-0.15, -0.1) is 6.58 Å². The van der Waals surface area contributed by atoms with Gasteiger partial charge in [-0.1, -0.05) is 37.3 Å². The molecule has 0 aromatic carbocycles. The molecule has 0 aromatic rings. The highest BCUT2D eigenvalue weighted by atomic mass is 14.7. The Hall–Kier alpha value is -0.820.